The van der Waals surface area contributed by atoms with Crippen molar-refractivity contribution in [2.45, 2.75) is 20.0 Å². The molecule has 1 atom stereocenters. The highest BCUT2D eigenvalue weighted by atomic mass is 16.6. The van der Waals surface area contributed by atoms with E-state index < -0.39 is 6.10 Å². The topological polar surface area (TPSA) is 59.1 Å². The van der Waals surface area contributed by atoms with Gasteiger partial charge < -0.3 is 14.4 Å². The molecule has 1 saturated heterocycles. The number of hydrogen-bond donors (Lipinski definition) is 0. The van der Waals surface area contributed by atoms with Gasteiger partial charge in [-0.15, -0.1) is 0 Å². The highest BCUT2D eigenvalue weighted by Crippen LogP contribution is 2.20. The van der Waals surface area contributed by atoms with Crippen LogP contribution in [0.3, 0.4) is 0 Å². The van der Waals surface area contributed by atoms with Crippen LogP contribution in [0.4, 0.5) is 5.69 Å². The number of benzene rings is 2. The maximum atomic E-state index is 11.8. The van der Waals surface area contributed by atoms with E-state index in [-0.39, 0.29) is 18.4 Å². The van der Waals surface area contributed by atoms with Gasteiger partial charge in [0.1, 0.15) is 18.5 Å². The van der Waals surface area contributed by atoms with Gasteiger partial charge >= 0.3 is 5.97 Å². The number of rotatable bonds is 8. The van der Waals surface area contributed by atoms with Gasteiger partial charge in [-0.25, -0.2) is 0 Å². The van der Waals surface area contributed by atoms with E-state index in [2.05, 4.69) is 34.1 Å². The Morgan fingerprint density at radius 1 is 0.931 bits per heavy atom. The van der Waals surface area contributed by atoms with Crippen molar-refractivity contribution in [1.82, 2.24) is 4.90 Å². The van der Waals surface area contributed by atoms with Crippen LogP contribution >= 0.6 is 0 Å². The van der Waals surface area contributed by atoms with E-state index in [4.69, 9.17) is 9.47 Å². The molecule has 0 bridgehead atoms. The van der Waals surface area contributed by atoms with Gasteiger partial charge in [-0.05, 0) is 31.2 Å². The second-order valence-electron chi connectivity index (χ2n) is 7.22. The van der Waals surface area contributed by atoms with Crippen LogP contribution in [0.5, 0.6) is 5.75 Å². The first-order valence-electron chi connectivity index (χ1n) is 9.95. The number of esters is 1. The molecule has 0 saturated carbocycles. The van der Waals surface area contributed by atoms with Crippen molar-refractivity contribution in [3.63, 3.8) is 0 Å². The molecule has 0 amide bonds. The van der Waals surface area contributed by atoms with Crippen molar-refractivity contribution in [2.24, 2.45) is 0 Å². The monoisotopic (exact) mass is 396 g/mol. The summed E-state index contributed by atoms with van der Waals surface area (Å²) >= 11 is 0. The minimum absolute atomic E-state index is 0.0540. The molecule has 29 heavy (non-hydrogen) atoms. The molecule has 0 spiro atoms. The molecule has 1 fully saturated rings. The van der Waals surface area contributed by atoms with Gasteiger partial charge in [0, 0.05) is 45.3 Å². The standard InChI is InChI=1S/C23H28N2O4/c1-18(26)22-10-6-7-11-23(22)28-17-21(29-19(2)27)16-24-12-14-25(15-13-24)20-8-4-3-5-9-20/h3-11,21H,12-17H2,1-2H3. The van der Waals surface area contributed by atoms with Crippen LogP contribution in [0.25, 0.3) is 0 Å². The molecule has 1 heterocycles. The van der Waals surface area contributed by atoms with Crippen LogP contribution in [-0.2, 0) is 9.53 Å². The van der Waals surface area contributed by atoms with Crippen LogP contribution in [-0.4, -0.2) is 62.1 Å². The van der Waals surface area contributed by atoms with Gasteiger partial charge in [-0.3, -0.25) is 14.5 Å². The lowest BCUT2D eigenvalue weighted by Gasteiger charge is -2.37. The number of ketones is 1. The number of carbonyl (C=O) groups is 2. The Hall–Kier alpha value is -2.86. The Morgan fingerprint density at radius 2 is 1.59 bits per heavy atom. The largest absolute Gasteiger partial charge is 0.489 e. The average Bonchev–Trinajstić information content (AvgIpc) is 2.73. The SMILES string of the molecule is CC(=O)OC(COc1ccccc1C(C)=O)CN1CCN(c2ccccc2)CC1. The van der Waals surface area contributed by atoms with Crippen molar-refractivity contribution >= 4 is 17.4 Å². The molecule has 1 aliphatic heterocycles. The summed E-state index contributed by atoms with van der Waals surface area (Å²) in [5, 5.41) is 0. The van der Waals surface area contributed by atoms with Gasteiger partial charge in [0.2, 0.25) is 0 Å². The summed E-state index contributed by atoms with van der Waals surface area (Å²) < 4.78 is 11.3. The minimum Gasteiger partial charge on any atom is -0.489 e. The lowest BCUT2D eigenvalue weighted by Crippen LogP contribution is -2.50. The van der Waals surface area contributed by atoms with Crippen molar-refractivity contribution in [3.05, 3.63) is 60.2 Å². The zero-order valence-corrected chi connectivity index (χ0v) is 17.0. The molecule has 0 N–H and O–H groups in total. The number of hydrogen-bond acceptors (Lipinski definition) is 6. The molecule has 1 unspecified atom stereocenters. The number of nitrogens with zero attached hydrogens (tertiary/aromatic N) is 2. The third-order valence-electron chi connectivity index (χ3n) is 4.98. The molecule has 3 rings (SSSR count). The van der Waals surface area contributed by atoms with Crippen LogP contribution in [0.1, 0.15) is 24.2 Å². The number of ether oxygens (including phenoxy) is 2. The fraction of sp³-hybridized carbons (Fsp3) is 0.391. The molecule has 1 aliphatic rings. The second-order valence-corrected chi connectivity index (χ2v) is 7.22. The Kier molecular flexibility index (Phi) is 7.25. The van der Waals surface area contributed by atoms with Gasteiger partial charge in [0.25, 0.3) is 0 Å². The first kappa shape index (κ1) is 20.9. The van der Waals surface area contributed by atoms with Gasteiger partial charge in [0.05, 0.1) is 5.56 Å². The number of piperazine rings is 1. The summed E-state index contributed by atoms with van der Waals surface area (Å²) in [6.07, 6.45) is -0.393. The molecular formula is C23H28N2O4. The molecule has 0 aliphatic carbocycles. The summed E-state index contributed by atoms with van der Waals surface area (Å²) in [7, 11) is 0. The van der Waals surface area contributed by atoms with E-state index in [0.717, 1.165) is 26.2 Å². The quantitative estimate of drug-likeness (QED) is 0.505. The number of anilines is 1. The van der Waals surface area contributed by atoms with E-state index in [1.165, 1.54) is 19.5 Å². The lowest BCUT2D eigenvalue weighted by molar-refractivity contribution is -0.148. The Balaban J connectivity index is 1.56. The van der Waals surface area contributed by atoms with Crippen molar-refractivity contribution in [1.29, 1.82) is 0 Å². The summed E-state index contributed by atoms with van der Waals surface area (Å²) in [5.74, 6) is 0.133. The van der Waals surface area contributed by atoms with Crippen molar-refractivity contribution < 1.29 is 19.1 Å². The summed E-state index contributed by atoms with van der Waals surface area (Å²) in [4.78, 5) is 28.0. The van der Waals surface area contributed by atoms with Crippen LogP contribution in [0, 0.1) is 0 Å². The van der Waals surface area contributed by atoms with Crippen molar-refractivity contribution in [3.8, 4) is 5.75 Å². The minimum atomic E-state index is -0.393. The number of Topliss-reactive ketones (excluding diaryl/α,β-unsaturated/α-hetero) is 1. The zero-order valence-electron chi connectivity index (χ0n) is 17.0. The highest BCUT2D eigenvalue weighted by Gasteiger charge is 2.23. The Bertz CT molecular complexity index is 817. The summed E-state index contributed by atoms with van der Waals surface area (Å²) in [6.45, 7) is 7.35. The van der Waals surface area contributed by atoms with Crippen molar-refractivity contribution in [2.75, 3.05) is 44.2 Å². The maximum Gasteiger partial charge on any atom is 0.303 e. The molecule has 6 heteroatoms. The number of carbonyl (C=O) groups excluding carboxylic acids is 2. The zero-order chi connectivity index (χ0) is 20.6. The van der Waals surface area contributed by atoms with E-state index >= 15 is 0 Å². The fourth-order valence-corrected chi connectivity index (χ4v) is 3.54. The number of para-hydroxylation sites is 2. The smallest absolute Gasteiger partial charge is 0.303 e. The predicted octanol–water partition coefficient (Wildman–Crippen LogP) is 3.02. The van der Waals surface area contributed by atoms with Crippen LogP contribution in [0.2, 0.25) is 0 Å². The third-order valence-corrected chi connectivity index (χ3v) is 4.98. The van der Waals surface area contributed by atoms with Crippen LogP contribution in [0.15, 0.2) is 54.6 Å². The molecule has 2 aromatic rings. The molecule has 0 aromatic heterocycles. The normalized spacial score (nSPS) is 15.6. The lowest BCUT2D eigenvalue weighted by atomic mass is 10.1. The van der Waals surface area contributed by atoms with E-state index in [9.17, 15) is 9.59 Å². The summed E-state index contributed by atoms with van der Waals surface area (Å²) in [6, 6.07) is 17.5. The maximum absolute atomic E-state index is 11.8. The highest BCUT2D eigenvalue weighted by molar-refractivity contribution is 5.96. The van der Waals surface area contributed by atoms with E-state index in [1.807, 2.05) is 12.1 Å². The van der Waals surface area contributed by atoms with E-state index in [0.29, 0.717) is 17.9 Å². The first-order chi connectivity index (χ1) is 14.0. The summed E-state index contributed by atoms with van der Waals surface area (Å²) in [5.41, 5.74) is 1.76. The Morgan fingerprint density at radius 3 is 2.24 bits per heavy atom. The van der Waals surface area contributed by atoms with Gasteiger partial charge in [-0.2, -0.15) is 0 Å². The second kappa shape index (κ2) is 10.1. The van der Waals surface area contributed by atoms with E-state index in [1.54, 1.807) is 18.2 Å². The fourth-order valence-electron chi connectivity index (χ4n) is 3.54. The molecular weight excluding hydrogens is 368 g/mol. The molecule has 2 aromatic carbocycles. The Labute approximate surface area is 172 Å². The average molecular weight is 396 g/mol. The van der Waals surface area contributed by atoms with Gasteiger partial charge in [-0.1, -0.05) is 30.3 Å². The predicted molar refractivity (Wildman–Crippen MR) is 113 cm³/mol. The van der Waals surface area contributed by atoms with Crippen LogP contribution < -0.4 is 9.64 Å². The third kappa shape index (κ3) is 6.06. The van der Waals surface area contributed by atoms with Gasteiger partial charge in [0.15, 0.2) is 5.78 Å². The molecule has 6 nitrogen and oxygen atoms in total. The molecule has 0 radical (unpaired) electrons. The first-order valence-corrected chi connectivity index (χ1v) is 9.95. The molecule has 154 valence electrons.